The molecule has 0 unspecified atom stereocenters. The summed E-state index contributed by atoms with van der Waals surface area (Å²) in [5.41, 5.74) is 0.694. The lowest BCUT2D eigenvalue weighted by molar-refractivity contribution is -0.0500. The van der Waals surface area contributed by atoms with Crippen LogP contribution in [0.3, 0.4) is 0 Å². The standard InChI is InChI=1S/C13H9BN2O4.C11H12N2O2.C10H5F3O5S.C4H5BN2O2.4CH4/c14-12(18)16-6-5-15(13(16)19)9-3-1-8-2-4-11(17)20-10(8)7-9;12-5-6-13-9-3-1-8-2-4-11(14)15-10(8)7-9;11-10(12,13)19(15,16)18-7-3-1-6-2-4-9(14)17-8(6)5-7;5-3(8)7-2-1-6-4(7)9;;;;/h1-4,7H,5-6H2;1-4,7,13H,5-6,12H2;1-5H;1-2H2,(H,6,9);4*1H4. The van der Waals surface area contributed by atoms with E-state index in [-0.39, 0.29) is 47.5 Å². The number of imide groups is 2. The predicted molar refractivity (Wildman–Crippen MR) is 249 cm³/mol. The van der Waals surface area contributed by atoms with Crippen LogP contribution in [-0.2, 0) is 10.1 Å². The number of hydrogen-bond donors (Lipinski definition) is 3. The van der Waals surface area contributed by atoms with Crippen LogP contribution in [0.5, 0.6) is 5.75 Å². The number of nitrogens with two attached hydrogens (primary N) is 1. The highest BCUT2D eigenvalue weighted by Gasteiger charge is 2.48. The number of fused-ring (bicyclic) bond motifs is 3. The molecule has 4 radical (unpaired) electrons. The van der Waals surface area contributed by atoms with Gasteiger partial charge in [-0.15, -0.1) is 0 Å². The Morgan fingerprint density at radius 1 is 0.687 bits per heavy atom. The Bertz CT molecular complexity index is 2990. The smallest absolute Gasteiger partial charge is 0.423 e. The second-order valence-corrected chi connectivity index (χ2v) is 14.3. The average Bonchev–Trinajstić information content (AvgIpc) is 3.84. The summed E-state index contributed by atoms with van der Waals surface area (Å²) >= 11 is 0. The van der Waals surface area contributed by atoms with E-state index in [0.29, 0.717) is 55.0 Å². The van der Waals surface area contributed by atoms with Gasteiger partial charge in [-0.25, -0.2) is 24.0 Å². The van der Waals surface area contributed by atoms with Gasteiger partial charge >= 0.3 is 44.6 Å². The van der Waals surface area contributed by atoms with E-state index in [1.165, 1.54) is 29.2 Å². The molecule has 0 bridgehead atoms. The molecule has 356 valence electrons. The summed E-state index contributed by atoms with van der Waals surface area (Å²) in [5.74, 6) is -2.06. The van der Waals surface area contributed by atoms with Crippen molar-refractivity contribution in [2.24, 2.45) is 5.73 Å². The molecule has 2 aliphatic heterocycles. The quantitative estimate of drug-likeness (QED) is 0.0711. The number of rotatable bonds is 6. The Labute approximate surface area is 384 Å². The fourth-order valence-corrected chi connectivity index (χ4v) is 5.99. The molecule has 67 heavy (non-hydrogen) atoms. The molecule has 6 amide bonds. The molecule has 3 aromatic heterocycles. The average molecular weight is 955 g/mol. The topological polar surface area (TPSA) is 262 Å². The Morgan fingerprint density at radius 3 is 1.61 bits per heavy atom. The number of halogens is 3. The molecule has 2 saturated heterocycles. The number of carbonyl (C=O) groups excluding carboxylic acids is 4. The Hall–Kier alpha value is -7.40. The van der Waals surface area contributed by atoms with Crippen molar-refractivity contribution < 1.29 is 58.2 Å². The maximum absolute atomic E-state index is 12.1. The number of nitrogens with zero attached hydrogens (tertiary/aromatic N) is 3. The summed E-state index contributed by atoms with van der Waals surface area (Å²) in [6.07, 6.45) is 0. The number of alkyl halides is 3. The highest BCUT2D eigenvalue weighted by Crippen LogP contribution is 2.29. The Kier molecular flexibility index (Phi) is 21.3. The molecule has 5 heterocycles. The van der Waals surface area contributed by atoms with Crippen LogP contribution in [0.15, 0.2) is 119 Å². The molecule has 0 saturated carbocycles. The number of anilines is 2. The van der Waals surface area contributed by atoms with Crippen LogP contribution >= 0.6 is 0 Å². The van der Waals surface area contributed by atoms with Crippen LogP contribution in [0.4, 0.5) is 43.7 Å². The van der Waals surface area contributed by atoms with Gasteiger partial charge in [0.05, 0.1) is 0 Å². The molecule has 4 N–H and O–H groups in total. The highest BCUT2D eigenvalue weighted by molar-refractivity contribution is 7.88. The van der Waals surface area contributed by atoms with Gasteiger partial charge in [0.25, 0.3) is 0 Å². The van der Waals surface area contributed by atoms with Gasteiger partial charge in [-0.1, -0.05) is 29.7 Å². The third-order valence-electron chi connectivity index (χ3n) is 8.50. The maximum Gasteiger partial charge on any atom is 0.534 e. The van der Waals surface area contributed by atoms with Crippen molar-refractivity contribution in [3.63, 3.8) is 0 Å². The zero-order valence-electron chi connectivity index (χ0n) is 32.3. The van der Waals surface area contributed by atoms with Gasteiger partial charge in [0.1, 0.15) is 22.5 Å². The summed E-state index contributed by atoms with van der Waals surface area (Å²) in [6, 6.07) is 21.6. The van der Waals surface area contributed by atoms with Gasteiger partial charge in [0.2, 0.25) is 15.7 Å². The zero-order valence-corrected chi connectivity index (χ0v) is 33.1. The van der Waals surface area contributed by atoms with E-state index in [4.69, 9.17) is 34.7 Å². The van der Waals surface area contributed by atoms with Gasteiger partial charge in [-0.05, 0) is 54.6 Å². The van der Waals surface area contributed by atoms with Gasteiger partial charge < -0.3 is 33.8 Å². The third kappa shape index (κ3) is 15.1. The van der Waals surface area contributed by atoms with E-state index in [1.54, 1.807) is 36.4 Å². The molecule has 0 aliphatic carbocycles. The van der Waals surface area contributed by atoms with Crippen molar-refractivity contribution in [1.29, 1.82) is 0 Å². The minimum atomic E-state index is -5.75. The first-order valence-corrected chi connectivity index (χ1v) is 19.5. The summed E-state index contributed by atoms with van der Waals surface area (Å²) in [6.45, 7) is 2.74. The largest absolute Gasteiger partial charge is 0.534 e. The van der Waals surface area contributed by atoms with E-state index in [9.17, 15) is 55.2 Å². The molecular formula is C42H47B2F3N6O13S. The molecule has 8 rings (SSSR count). The zero-order chi connectivity index (χ0) is 46.1. The fourth-order valence-electron chi connectivity index (χ4n) is 5.53. The first-order chi connectivity index (χ1) is 29.8. The van der Waals surface area contributed by atoms with Gasteiger partial charge in [-0.3, -0.25) is 24.3 Å². The Morgan fingerprint density at radius 2 is 1.16 bits per heavy atom. The van der Waals surface area contributed by atoms with E-state index in [2.05, 4.69) is 14.8 Å². The minimum Gasteiger partial charge on any atom is -0.423 e. The van der Waals surface area contributed by atoms with Crippen LogP contribution in [0.2, 0.25) is 0 Å². The van der Waals surface area contributed by atoms with Crippen LogP contribution < -0.4 is 42.3 Å². The molecule has 0 atom stereocenters. The fraction of sp³-hybridized carbons (Fsp3) is 0.262. The van der Waals surface area contributed by atoms with Crippen LogP contribution in [0.25, 0.3) is 32.9 Å². The summed E-state index contributed by atoms with van der Waals surface area (Å²) in [7, 11) is 4.18. The van der Waals surface area contributed by atoms with Crippen LogP contribution in [0.1, 0.15) is 29.7 Å². The number of nitrogens with one attached hydrogen (secondary N) is 2. The normalized spacial score (nSPS) is 12.8. The van der Waals surface area contributed by atoms with E-state index in [1.807, 2.05) is 12.1 Å². The predicted octanol–water partition coefficient (Wildman–Crippen LogP) is 6.35. The van der Waals surface area contributed by atoms with Crippen molar-refractivity contribution in [2.45, 2.75) is 35.2 Å². The van der Waals surface area contributed by atoms with Crippen molar-refractivity contribution in [3.8, 4) is 5.75 Å². The molecule has 3 aromatic carbocycles. The lowest BCUT2D eigenvalue weighted by Crippen LogP contribution is -2.35. The van der Waals surface area contributed by atoms with E-state index in [0.717, 1.165) is 44.5 Å². The maximum atomic E-state index is 12.1. The van der Waals surface area contributed by atoms with Crippen LogP contribution in [0, 0.1) is 0 Å². The van der Waals surface area contributed by atoms with Crippen molar-refractivity contribution >= 4 is 93.8 Å². The lowest BCUT2D eigenvalue weighted by atomic mass is 10.1. The summed E-state index contributed by atoms with van der Waals surface area (Å²) in [4.78, 5) is 80.4. The molecule has 25 heteroatoms. The number of amides is 6. The number of hydrogen-bond acceptors (Lipinski definition) is 15. The van der Waals surface area contributed by atoms with E-state index >= 15 is 0 Å². The molecule has 2 fully saturated rings. The Balaban J connectivity index is 0.000000451. The SMILES string of the molecule is C.C.C.C.NCCNc1ccc2ccc(=O)oc2c1.O=c1ccc2ccc(OS(=O)(=O)C(F)(F)F)cc2o1.[B]C(=O)N1CCN(c2ccc3ccc(=O)oc3c2)C1=O.[B]C(=O)N1CCNC1=O. The molecule has 19 nitrogen and oxygen atoms in total. The van der Waals surface area contributed by atoms with Crippen LogP contribution in [-0.4, -0.2) is 102 Å². The molecule has 2 aliphatic rings. The minimum absolute atomic E-state index is 0. The van der Waals surface area contributed by atoms with Crippen molar-refractivity contribution in [2.75, 3.05) is 49.5 Å². The van der Waals surface area contributed by atoms with Gasteiger partial charge in [0, 0.05) is 103 Å². The molecule has 6 aromatic rings. The third-order valence-corrected chi connectivity index (χ3v) is 9.48. The number of benzene rings is 3. The molecular weight excluding hydrogens is 907 g/mol. The van der Waals surface area contributed by atoms with E-state index < -0.39 is 56.3 Å². The molecule has 0 spiro atoms. The van der Waals surface area contributed by atoms with Crippen molar-refractivity contribution in [1.82, 2.24) is 15.1 Å². The van der Waals surface area contributed by atoms with Crippen molar-refractivity contribution in [3.05, 3.63) is 122 Å². The second kappa shape index (κ2) is 24.8. The first-order valence-electron chi connectivity index (χ1n) is 18.1. The summed E-state index contributed by atoms with van der Waals surface area (Å²) in [5, 5.41) is 7.64. The van der Waals surface area contributed by atoms with Gasteiger partial charge in [-0.2, -0.15) is 21.6 Å². The monoisotopic (exact) mass is 954 g/mol. The number of urea groups is 2. The van der Waals surface area contributed by atoms with Gasteiger partial charge in [0.15, 0.2) is 11.6 Å². The summed E-state index contributed by atoms with van der Waals surface area (Å²) < 4.78 is 76.6. The number of carbonyl (C=O) groups is 4. The highest BCUT2D eigenvalue weighted by atomic mass is 32.2. The first kappa shape index (κ1) is 57.6. The second-order valence-electron chi connectivity index (χ2n) is 12.8. The lowest BCUT2D eigenvalue weighted by Gasteiger charge is -2.17.